The van der Waals surface area contributed by atoms with Gasteiger partial charge in [0.15, 0.2) is 5.78 Å². The molecule has 0 aliphatic rings. The molecule has 2 heterocycles. The summed E-state index contributed by atoms with van der Waals surface area (Å²) in [6, 6.07) is 15.8. The Morgan fingerprint density at radius 3 is 2.50 bits per heavy atom. The first-order valence-corrected chi connectivity index (χ1v) is 12.0. The van der Waals surface area contributed by atoms with E-state index < -0.39 is 5.97 Å². The number of aryl methyl sites for hydroxylation is 1. The molecule has 0 unspecified atom stereocenters. The molecule has 36 heavy (non-hydrogen) atoms. The molecule has 6 heteroatoms. The molecule has 2 aromatic carbocycles. The number of esters is 1. The number of hydrogen-bond donors (Lipinski definition) is 2. The number of aromatic amines is 1. The Bertz CT molecular complexity index is 1430. The number of nitrogens with zero attached hydrogens (tertiary/aromatic N) is 1. The third kappa shape index (κ3) is 5.29. The van der Waals surface area contributed by atoms with E-state index in [0.717, 1.165) is 44.5 Å². The maximum Gasteiger partial charge on any atom is 0.339 e. The van der Waals surface area contributed by atoms with Crippen LogP contribution >= 0.6 is 0 Å². The van der Waals surface area contributed by atoms with Crippen LogP contribution in [0.1, 0.15) is 40.9 Å². The lowest BCUT2D eigenvalue weighted by atomic mass is 9.93. The van der Waals surface area contributed by atoms with Crippen LogP contribution in [0.25, 0.3) is 33.4 Å². The van der Waals surface area contributed by atoms with Crippen LogP contribution in [0.2, 0.25) is 0 Å². The van der Waals surface area contributed by atoms with Crippen LogP contribution < -0.4 is 0 Å². The summed E-state index contributed by atoms with van der Waals surface area (Å²) >= 11 is 0. The second-order valence-electron chi connectivity index (χ2n) is 9.11. The fraction of sp³-hybridized carbons (Fsp3) is 0.233. The molecule has 4 aromatic rings. The predicted molar refractivity (Wildman–Crippen MR) is 142 cm³/mol. The minimum absolute atomic E-state index is 0.0470. The SMILES string of the molecule is C=CC(=O)Cc1cc(-c2c(-c3ccc(CCO)cc3)[nH]c3ncc(C(=O)OC(C)C)cc23)ccc1C. The molecule has 2 aromatic heterocycles. The fourth-order valence-corrected chi connectivity index (χ4v) is 4.23. The number of aromatic nitrogens is 2. The van der Waals surface area contributed by atoms with E-state index in [0.29, 0.717) is 17.6 Å². The van der Waals surface area contributed by atoms with Gasteiger partial charge in [-0.3, -0.25) is 4.79 Å². The van der Waals surface area contributed by atoms with Crippen LogP contribution in [0.3, 0.4) is 0 Å². The van der Waals surface area contributed by atoms with E-state index in [1.807, 2.05) is 63.2 Å². The number of aliphatic hydroxyl groups is 1. The highest BCUT2D eigenvalue weighted by Crippen LogP contribution is 2.39. The maximum atomic E-state index is 12.6. The van der Waals surface area contributed by atoms with Crippen molar-refractivity contribution in [2.45, 2.75) is 39.7 Å². The number of rotatable bonds is 9. The maximum absolute atomic E-state index is 12.6. The van der Waals surface area contributed by atoms with Crippen molar-refractivity contribution >= 4 is 22.8 Å². The number of ketones is 1. The zero-order chi connectivity index (χ0) is 25.8. The Morgan fingerprint density at radius 1 is 1.11 bits per heavy atom. The Labute approximate surface area is 210 Å². The minimum Gasteiger partial charge on any atom is -0.459 e. The third-order valence-electron chi connectivity index (χ3n) is 6.10. The Balaban J connectivity index is 1.92. The molecular weight excluding hydrogens is 452 g/mol. The average molecular weight is 483 g/mol. The molecule has 6 nitrogen and oxygen atoms in total. The van der Waals surface area contributed by atoms with Crippen molar-refractivity contribution < 1.29 is 19.4 Å². The van der Waals surface area contributed by atoms with Gasteiger partial charge in [0.05, 0.1) is 17.4 Å². The number of pyridine rings is 1. The zero-order valence-electron chi connectivity index (χ0n) is 20.8. The van der Waals surface area contributed by atoms with Crippen LogP contribution in [0, 0.1) is 6.92 Å². The number of aliphatic hydroxyl groups excluding tert-OH is 1. The van der Waals surface area contributed by atoms with Crippen molar-refractivity contribution in [2.75, 3.05) is 6.61 Å². The number of carbonyl (C=O) groups excluding carboxylic acids is 2. The van der Waals surface area contributed by atoms with Gasteiger partial charge in [-0.15, -0.1) is 0 Å². The lowest BCUT2D eigenvalue weighted by Crippen LogP contribution is -2.11. The molecule has 0 saturated heterocycles. The van der Waals surface area contributed by atoms with Crippen LogP contribution in [0.15, 0.2) is 67.4 Å². The number of fused-ring (bicyclic) bond motifs is 1. The monoisotopic (exact) mass is 482 g/mol. The molecule has 0 fully saturated rings. The summed E-state index contributed by atoms with van der Waals surface area (Å²) in [5, 5.41) is 10.1. The van der Waals surface area contributed by atoms with Crippen LogP contribution in [-0.4, -0.2) is 39.5 Å². The van der Waals surface area contributed by atoms with Crippen molar-refractivity contribution in [3.8, 4) is 22.4 Å². The van der Waals surface area contributed by atoms with Crippen molar-refractivity contribution in [3.05, 3.63) is 89.6 Å². The van der Waals surface area contributed by atoms with E-state index in [2.05, 4.69) is 16.5 Å². The van der Waals surface area contributed by atoms with Crippen molar-refractivity contribution in [3.63, 3.8) is 0 Å². The van der Waals surface area contributed by atoms with Crippen molar-refractivity contribution in [1.29, 1.82) is 0 Å². The van der Waals surface area contributed by atoms with Gasteiger partial charge in [-0.25, -0.2) is 9.78 Å². The van der Waals surface area contributed by atoms with Gasteiger partial charge in [0.25, 0.3) is 0 Å². The molecule has 184 valence electrons. The highest BCUT2D eigenvalue weighted by molar-refractivity contribution is 6.05. The van der Waals surface area contributed by atoms with E-state index >= 15 is 0 Å². The second kappa shape index (κ2) is 10.7. The largest absolute Gasteiger partial charge is 0.459 e. The lowest BCUT2D eigenvalue weighted by Gasteiger charge is -2.11. The topological polar surface area (TPSA) is 92.3 Å². The standard InChI is InChI=1S/C30H30N2O4/c1-5-25(34)15-23-14-22(9-6-19(23)4)27-26-16-24(30(35)36-18(2)3)17-31-29(26)32-28(27)21-10-7-20(8-11-21)12-13-33/h5-11,14,16-18,33H,1,12-13,15H2,2-4H3,(H,31,32). The Hall–Kier alpha value is -4.03. The van der Waals surface area contributed by atoms with E-state index in [9.17, 15) is 14.7 Å². The van der Waals surface area contributed by atoms with Gasteiger partial charge in [0.1, 0.15) is 5.65 Å². The van der Waals surface area contributed by atoms with E-state index in [-0.39, 0.29) is 24.9 Å². The van der Waals surface area contributed by atoms with Gasteiger partial charge in [0.2, 0.25) is 0 Å². The highest BCUT2D eigenvalue weighted by atomic mass is 16.5. The molecule has 2 N–H and O–H groups in total. The summed E-state index contributed by atoms with van der Waals surface area (Å²) in [7, 11) is 0. The lowest BCUT2D eigenvalue weighted by molar-refractivity contribution is -0.114. The summed E-state index contributed by atoms with van der Waals surface area (Å²) in [6.45, 7) is 9.28. The van der Waals surface area contributed by atoms with Gasteiger partial charge < -0.3 is 14.8 Å². The van der Waals surface area contributed by atoms with E-state index in [1.54, 1.807) is 6.07 Å². The normalized spacial score (nSPS) is 11.1. The first kappa shape index (κ1) is 25.1. The Morgan fingerprint density at radius 2 is 1.83 bits per heavy atom. The number of ether oxygens (including phenoxy) is 1. The Kier molecular flexibility index (Phi) is 7.46. The minimum atomic E-state index is -0.428. The number of nitrogens with one attached hydrogen (secondary N) is 1. The number of carbonyl (C=O) groups is 2. The summed E-state index contributed by atoms with van der Waals surface area (Å²) in [4.78, 5) is 32.7. The van der Waals surface area contributed by atoms with Crippen LogP contribution in [0.5, 0.6) is 0 Å². The quantitative estimate of drug-likeness (QED) is 0.239. The first-order valence-electron chi connectivity index (χ1n) is 12.0. The summed E-state index contributed by atoms with van der Waals surface area (Å²) in [5.74, 6) is -0.475. The first-order chi connectivity index (χ1) is 17.3. The molecular formula is C30H30N2O4. The van der Waals surface area contributed by atoms with Crippen molar-refractivity contribution in [1.82, 2.24) is 9.97 Å². The van der Waals surface area contributed by atoms with Gasteiger partial charge in [0, 0.05) is 30.2 Å². The summed E-state index contributed by atoms with van der Waals surface area (Å²) in [5.41, 5.74) is 7.58. The highest BCUT2D eigenvalue weighted by Gasteiger charge is 2.20. The smallest absolute Gasteiger partial charge is 0.339 e. The third-order valence-corrected chi connectivity index (χ3v) is 6.10. The number of allylic oxidation sites excluding steroid dienone is 1. The zero-order valence-corrected chi connectivity index (χ0v) is 20.8. The van der Waals surface area contributed by atoms with E-state index in [4.69, 9.17) is 4.74 Å². The predicted octanol–water partition coefficient (Wildman–Crippen LogP) is 5.60. The molecule has 0 amide bonds. The number of H-pyrrole nitrogens is 1. The van der Waals surface area contributed by atoms with Gasteiger partial charge >= 0.3 is 5.97 Å². The molecule has 0 aliphatic carbocycles. The molecule has 0 saturated carbocycles. The number of benzene rings is 2. The number of hydrogen-bond acceptors (Lipinski definition) is 5. The molecule has 0 atom stereocenters. The molecule has 0 aliphatic heterocycles. The molecule has 0 spiro atoms. The molecule has 4 rings (SSSR count). The fourth-order valence-electron chi connectivity index (χ4n) is 4.23. The average Bonchev–Trinajstić information content (AvgIpc) is 3.24. The van der Waals surface area contributed by atoms with E-state index in [1.165, 1.54) is 12.3 Å². The summed E-state index contributed by atoms with van der Waals surface area (Å²) < 4.78 is 5.39. The van der Waals surface area contributed by atoms with Gasteiger partial charge in [-0.2, -0.15) is 0 Å². The van der Waals surface area contributed by atoms with Crippen molar-refractivity contribution in [2.24, 2.45) is 0 Å². The van der Waals surface area contributed by atoms with Gasteiger partial charge in [-0.1, -0.05) is 49.0 Å². The molecule has 0 bridgehead atoms. The van der Waals surface area contributed by atoms with Gasteiger partial charge in [-0.05, 0) is 67.2 Å². The second-order valence-corrected chi connectivity index (χ2v) is 9.11. The van der Waals surface area contributed by atoms with Crippen LogP contribution in [0.4, 0.5) is 0 Å². The van der Waals surface area contributed by atoms with Crippen LogP contribution in [-0.2, 0) is 22.4 Å². The summed E-state index contributed by atoms with van der Waals surface area (Å²) in [6.07, 6.45) is 3.47. The molecule has 0 radical (unpaired) electrons.